The number of aliphatic imine (C=N–C) groups is 1. The van der Waals surface area contributed by atoms with Crippen molar-refractivity contribution in [3.05, 3.63) is 0 Å². The van der Waals surface area contributed by atoms with Crippen molar-refractivity contribution in [2.45, 2.75) is 59.9 Å². The number of likely N-dealkylation sites (tertiary alicyclic amines) is 1. The van der Waals surface area contributed by atoms with Crippen molar-refractivity contribution in [1.29, 1.82) is 0 Å². The second-order valence-electron chi connectivity index (χ2n) is 6.97. The Morgan fingerprint density at radius 1 is 1.18 bits per heavy atom. The lowest BCUT2D eigenvalue weighted by Crippen LogP contribution is -2.41. The fraction of sp³-hybridized carbons (Fsp3) is 0.941. The summed E-state index contributed by atoms with van der Waals surface area (Å²) in [5.74, 6) is 2.68. The van der Waals surface area contributed by atoms with E-state index >= 15 is 0 Å². The van der Waals surface area contributed by atoms with Crippen molar-refractivity contribution in [2.75, 3.05) is 32.7 Å². The van der Waals surface area contributed by atoms with Crippen molar-refractivity contribution in [2.24, 2.45) is 16.8 Å². The van der Waals surface area contributed by atoms with E-state index in [2.05, 4.69) is 55.1 Å². The zero-order chi connectivity index (χ0) is 15.7. The predicted molar refractivity (Wildman–Crippen MR) is 108 cm³/mol. The van der Waals surface area contributed by atoms with Crippen LogP contribution >= 0.6 is 24.0 Å². The molecule has 0 amide bonds. The largest absolute Gasteiger partial charge is 0.357 e. The fourth-order valence-electron chi connectivity index (χ4n) is 3.21. The minimum atomic E-state index is 0. The maximum absolute atomic E-state index is 4.64. The van der Waals surface area contributed by atoms with E-state index in [0.717, 1.165) is 30.9 Å². The lowest BCUT2D eigenvalue weighted by atomic mass is 9.92. The van der Waals surface area contributed by atoms with Crippen molar-refractivity contribution < 1.29 is 0 Å². The summed E-state index contributed by atoms with van der Waals surface area (Å²) >= 11 is 0. The highest BCUT2D eigenvalue weighted by Crippen LogP contribution is 2.20. The highest BCUT2D eigenvalue weighted by molar-refractivity contribution is 14.0. The first-order valence-electron chi connectivity index (χ1n) is 8.78. The van der Waals surface area contributed by atoms with Gasteiger partial charge in [0, 0.05) is 32.2 Å². The molecule has 2 unspecified atom stereocenters. The predicted octanol–water partition coefficient (Wildman–Crippen LogP) is 3.33. The summed E-state index contributed by atoms with van der Waals surface area (Å²) in [6.45, 7) is 16.8. The third-order valence-electron chi connectivity index (χ3n) is 3.87. The molecule has 2 N–H and O–H groups in total. The molecule has 0 aromatic heterocycles. The zero-order valence-corrected chi connectivity index (χ0v) is 17.5. The minimum absolute atomic E-state index is 0. The molecule has 2 atom stereocenters. The number of piperidine rings is 1. The van der Waals surface area contributed by atoms with Gasteiger partial charge in [-0.05, 0) is 58.4 Å². The average molecular weight is 424 g/mol. The third-order valence-corrected chi connectivity index (χ3v) is 3.87. The molecule has 0 radical (unpaired) electrons. The molecule has 0 aromatic carbocycles. The molecule has 0 aliphatic carbocycles. The Kier molecular flexibility index (Phi) is 12.4. The normalized spacial score (nSPS) is 23.3. The Morgan fingerprint density at radius 3 is 2.36 bits per heavy atom. The van der Waals surface area contributed by atoms with Gasteiger partial charge in [0.25, 0.3) is 0 Å². The van der Waals surface area contributed by atoms with Gasteiger partial charge in [-0.2, -0.15) is 0 Å². The van der Waals surface area contributed by atoms with E-state index in [4.69, 9.17) is 0 Å². The fourth-order valence-corrected chi connectivity index (χ4v) is 3.21. The lowest BCUT2D eigenvalue weighted by Gasteiger charge is -2.34. The summed E-state index contributed by atoms with van der Waals surface area (Å²) in [4.78, 5) is 7.28. The van der Waals surface area contributed by atoms with Gasteiger partial charge < -0.3 is 15.5 Å². The van der Waals surface area contributed by atoms with E-state index in [1.807, 2.05) is 0 Å². The number of unbranched alkanes of at least 4 members (excludes halogenated alkanes) is 1. The summed E-state index contributed by atoms with van der Waals surface area (Å²) in [5.41, 5.74) is 0. The number of nitrogens with one attached hydrogen (secondary N) is 2. The summed E-state index contributed by atoms with van der Waals surface area (Å²) in [5, 5.41) is 6.66. The molecule has 0 saturated carbocycles. The van der Waals surface area contributed by atoms with Crippen LogP contribution in [0.5, 0.6) is 0 Å². The Bertz CT molecular complexity index is 297. The van der Waals surface area contributed by atoms with Crippen LogP contribution in [0.25, 0.3) is 0 Å². The molecule has 1 aliphatic rings. The van der Waals surface area contributed by atoms with Crippen LogP contribution < -0.4 is 10.6 Å². The molecule has 1 rings (SSSR count). The van der Waals surface area contributed by atoms with Crippen LogP contribution in [0.4, 0.5) is 0 Å². The van der Waals surface area contributed by atoms with Crippen molar-refractivity contribution in [1.82, 2.24) is 15.5 Å². The van der Waals surface area contributed by atoms with Gasteiger partial charge in [0.15, 0.2) is 5.96 Å². The van der Waals surface area contributed by atoms with E-state index in [-0.39, 0.29) is 24.0 Å². The second kappa shape index (κ2) is 12.4. The van der Waals surface area contributed by atoms with Gasteiger partial charge in [0.05, 0.1) is 0 Å². The molecule has 0 aromatic rings. The van der Waals surface area contributed by atoms with Crippen LogP contribution in [0.1, 0.15) is 53.9 Å². The Morgan fingerprint density at radius 2 is 1.82 bits per heavy atom. The van der Waals surface area contributed by atoms with Crippen LogP contribution in [0.3, 0.4) is 0 Å². The molecule has 4 nitrogen and oxygen atoms in total. The Hall–Kier alpha value is -0.0400. The molecule has 132 valence electrons. The van der Waals surface area contributed by atoms with Gasteiger partial charge >= 0.3 is 0 Å². The molecule has 1 aliphatic heterocycles. The van der Waals surface area contributed by atoms with E-state index in [1.165, 1.54) is 38.9 Å². The number of rotatable bonds is 7. The standard InChI is InChI=1S/C17H36N4.HI/c1-6-18-17(20-14(2)3)19-9-7-8-10-21-12-15(4)11-16(5)13-21;/h14-16H,6-13H2,1-5H3,(H2,18,19,20);1H. The smallest absolute Gasteiger partial charge is 0.191 e. The monoisotopic (exact) mass is 424 g/mol. The lowest BCUT2D eigenvalue weighted by molar-refractivity contribution is 0.139. The van der Waals surface area contributed by atoms with Gasteiger partial charge in [0.2, 0.25) is 0 Å². The van der Waals surface area contributed by atoms with E-state index < -0.39 is 0 Å². The van der Waals surface area contributed by atoms with Gasteiger partial charge in [-0.15, -0.1) is 24.0 Å². The highest BCUT2D eigenvalue weighted by atomic mass is 127. The summed E-state index contributed by atoms with van der Waals surface area (Å²) in [7, 11) is 0. The van der Waals surface area contributed by atoms with Gasteiger partial charge in [-0.25, -0.2) is 0 Å². The first kappa shape index (κ1) is 22.0. The highest BCUT2D eigenvalue weighted by Gasteiger charge is 2.20. The van der Waals surface area contributed by atoms with Crippen LogP contribution in [0.15, 0.2) is 4.99 Å². The quantitative estimate of drug-likeness (QED) is 0.285. The third kappa shape index (κ3) is 9.87. The average Bonchev–Trinajstić information content (AvgIpc) is 2.36. The summed E-state index contributed by atoms with van der Waals surface area (Å²) in [6.07, 6.45) is 3.83. The molecule has 0 bridgehead atoms. The number of halogens is 1. The molecule has 0 spiro atoms. The van der Waals surface area contributed by atoms with Crippen LogP contribution in [0, 0.1) is 11.8 Å². The van der Waals surface area contributed by atoms with Crippen LogP contribution in [-0.2, 0) is 0 Å². The number of guanidine groups is 1. The first-order valence-corrected chi connectivity index (χ1v) is 8.78. The topological polar surface area (TPSA) is 39.7 Å². The molecular weight excluding hydrogens is 387 g/mol. The van der Waals surface area contributed by atoms with Crippen LogP contribution in [0.2, 0.25) is 0 Å². The van der Waals surface area contributed by atoms with E-state index in [9.17, 15) is 0 Å². The molecule has 1 heterocycles. The van der Waals surface area contributed by atoms with E-state index in [0.29, 0.717) is 6.04 Å². The molecule has 1 saturated heterocycles. The molecular formula is C17H37IN4. The summed E-state index contributed by atoms with van der Waals surface area (Å²) in [6, 6.07) is 0.430. The molecule has 22 heavy (non-hydrogen) atoms. The zero-order valence-electron chi connectivity index (χ0n) is 15.2. The maximum Gasteiger partial charge on any atom is 0.191 e. The van der Waals surface area contributed by atoms with E-state index in [1.54, 1.807) is 0 Å². The Balaban J connectivity index is 0.00000441. The SMILES string of the molecule is CCNC(=NCCCCN1CC(C)CC(C)C1)NC(C)C.I. The van der Waals surface area contributed by atoms with Gasteiger partial charge in [0.1, 0.15) is 0 Å². The first-order chi connectivity index (χ1) is 10.0. The van der Waals surface area contributed by atoms with Crippen molar-refractivity contribution in [3.8, 4) is 0 Å². The Labute approximate surface area is 154 Å². The number of hydrogen-bond acceptors (Lipinski definition) is 2. The second-order valence-corrected chi connectivity index (χ2v) is 6.97. The maximum atomic E-state index is 4.64. The van der Waals surface area contributed by atoms with Crippen LogP contribution in [-0.4, -0.2) is 49.6 Å². The summed E-state index contributed by atoms with van der Waals surface area (Å²) < 4.78 is 0. The molecule has 5 heteroatoms. The number of hydrogen-bond donors (Lipinski definition) is 2. The van der Waals surface area contributed by atoms with Crippen molar-refractivity contribution in [3.63, 3.8) is 0 Å². The minimum Gasteiger partial charge on any atom is -0.357 e. The van der Waals surface area contributed by atoms with Gasteiger partial charge in [-0.1, -0.05) is 13.8 Å². The van der Waals surface area contributed by atoms with Gasteiger partial charge in [-0.3, -0.25) is 4.99 Å². The number of nitrogens with zero attached hydrogens (tertiary/aromatic N) is 2. The van der Waals surface area contributed by atoms with Crippen molar-refractivity contribution >= 4 is 29.9 Å². The molecule has 1 fully saturated rings.